The van der Waals surface area contributed by atoms with Crippen molar-refractivity contribution >= 4 is 11.9 Å². The number of piperazine rings is 1. The number of hydrogen-bond donors (Lipinski definition) is 2. The molecule has 1 saturated heterocycles. The third-order valence-corrected chi connectivity index (χ3v) is 3.76. The van der Waals surface area contributed by atoms with E-state index in [-0.39, 0.29) is 18.1 Å². The zero-order chi connectivity index (χ0) is 15.4. The molecule has 6 heteroatoms. The summed E-state index contributed by atoms with van der Waals surface area (Å²) in [5.74, 6) is -0.771. The summed E-state index contributed by atoms with van der Waals surface area (Å²) in [5, 5.41) is 18.3. The van der Waals surface area contributed by atoms with E-state index < -0.39 is 5.97 Å². The zero-order valence-electron chi connectivity index (χ0n) is 12.1. The van der Waals surface area contributed by atoms with Crippen LogP contribution in [0.5, 0.6) is 5.75 Å². The van der Waals surface area contributed by atoms with Gasteiger partial charge in [-0.15, -0.1) is 0 Å². The van der Waals surface area contributed by atoms with Crippen molar-refractivity contribution in [2.24, 2.45) is 0 Å². The van der Waals surface area contributed by atoms with E-state index in [1.807, 2.05) is 4.90 Å². The Morgan fingerprint density at radius 3 is 2.43 bits per heavy atom. The molecule has 0 spiro atoms. The highest BCUT2D eigenvalue weighted by molar-refractivity contribution is 5.94. The van der Waals surface area contributed by atoms with Crippen LogP contribution < -0.4 is 0 Å². The molecule has 1 aromatic rings. The Morgan fingerprint density at radius 2 is 1.86 bits per heavy atom. The minimum atomic E-state index is -0.802. The summed E-state index contributed by atoms with van der Waals surface area (Å²) in [6.07, 6.45) is 0.125. The van der Waals surface area contributed by atoms with Gasteiger partial charge < -0.3 is 15.1 Å². The molecular weight excluding hydrogens is 272 g/mol. The number of carbonyl (C=O) groups is 2. The lowest BCUT2D eigenvalue weighted by atomic mass is 10.1. The number of amides is 1. The first kappa shape index (κ1) is 15.3. The summed E-state index contributed by atoms with van der Waals surface area (Å²) >= 11 is 0. The van der Waals surface area contributed by atoms with Crippen LogP contribution in [0, 0.1) is 6.92 Å². The molecule has 21 heavy (non-hydrogen) atoms. The van der Waals surface area contributed by atoms with E-state index >= 15 is 0 Å². The maximum absolute atomic E-state index is 12.3. The van der Waals surface area contributed by atoms with E-state index in [2.05, 4.69) is 0 Å². The number of benzene rings is 1. The average Bonchev–Trinajstić information content (AvgIpc) is 2.48. The molecule has 1 aliphatic heterocycles. The van der Waals surface area contributed by atoms with Gasteiger partial charge in [0.15, 0.2) is 0 Å². The fourth-order valence-corrected chi connectivity index (χ4v) is 2.35. The first-order chi connectivity index (χ1) is 9.97. The van der Waals surface area contributed by atoms with Crippen LogP contribution in [0.3, 0.4) is 0 Å². The predicted octanol–water partition coefficient (Wildman–Crippen LogP) is 0.933. The van der Waals surface area contributed by atoms with Gasteiger partial charge in [0.1, 0.15) is 5.75 Å². The fourth-order valence-electron chi connectivity index (χ4n) is 2.35. The predicted molar refractivity (Wildman–Crippen MR) is 77.4 cm³/mol. The van der Waals surface area contributed by atoms with E-state index in [9.17, 15) is 14.7 Å². The van der Waals surface area contributed by atoms with Crippen molar-refractivity contribution < 1.29 is 19.8 Å². The topological polar surface area (TPSA) is 81.1 Å². The van der Waals surface area contributed by atoms with Crippen molar-refractivity contribution in [2.45, 2.75) is 13.3 Å². The SMILES string of the molecule is Cc1ccc(C(=O)N2CCN(CCC(=O)O)CC2)cc1O. The first-order valence-corrected chi connectivity index (χ1v) is 7.00. The summed E-state index contributed by atoms with van der Waals surface area (Å²) in [6, 6.07) is 4.94. The molecule has 0 saturated carbocycles. The quantitative estimate of drug-likeness (QED) is 0.863. The number of hydrogen-bond acceptors (Lipinski definition) is 4. The van der Waals surface area contributed by atoms with Gasteiger partial charge >= 0.3 is 5.97 Å². The van der Waals surface area contributed by atoms with Gasteiger partial charge in [-0.3, -0.25) is 14.5 Å². The Balaban J connectivity index is 1.90. The Labute approximate surface area is 123 Å². The van der Waals surface area contributed by atoms with E-state index in [4.69, 9.17) is 5.11 Å². The van der Waals surface area contributed by atoms with Gasteiger partial charge in [0.05, 0.1) is 6.42 Å². The van der Waals surface area contributed by atoms with Crippen LogP contribution in [-0.2, 0) is 4.79 Å². The molecule has 1 aromatic carbocycles. The van der Waals surface area contributed by atoms with Crippen LogP contribution in [0.2, 0.25) is 0 Å². The largest absolute Gasteiger partial charge is 0.508 e. The van der Waals surface area contributed by atoms with Gasteiger partial charge in [0, 0.05) is 38.3 Å². The minimum Gasteiger partial charge on any atom is -0.508 e. The summed E-state index contributed by atoms with van der Waals surface area (Å²) < 4.78 is 0. The Morgan fingerprint density at radius 1 is 1.19 bits per heavy atom. The summed E-state index contributed by atoms with van der Waals surface area (Å²) in [7, 11) is 0. The molecule has 1 heterocycles. The monoisotopic (exact) mass is 292 g/mol. The third kappa shape index (κ3) is 3.95. The normalized spacial score (nSPS) is 16.0. The number of carbonyl (C=O) groups excluding carboxylic acids is 1. The fraction of sp³-hybridized carbons (Fsp3) is 0.467. The van der Waals surface area contributed by atoms with Crippen LogP contribution in [0.15, 0.2) is 18.2 Å². The smallest absolute Gasteiger partial charge is 0.304 e. The summed E-state index contributed by atoms with van der Waals surface area (Å²) in [4.78, 5) is 26.7. The van der Waals surface area contributed by atoms with Crippen molar-refractivity contribution in [3.05, 3.63) is 29.3 Å². The van der Waals surface area contributed by atoms with Gasteiger partial charge in [0.2, 0.25) is 0 Å². The molecule has 2 rings (SSSR count). The van der Waals surface area contributed by atoms with Crippen molar-refractivity contribution in [3.63, 3.8) is 0 Å². The number of aromatic hydroxyl groups is 1. The van der Waals surface area contributed by atoms with Crippen LogP contribution in [0.4, 0.5) is 0 Å². The highest BCUT2D eigenvalue weighted by atomic mass is 16.4. The molecule has 0 unspecified atom stereocenters. The van der Waals surface area contributed by atoms with E-state index in [0.717, 1.165) is 5.56 Å². The number of phenolic OH excluding ortho intramolecular Hbond substituents is 1. The van der Waals surface area contributed by atoms with Gasteiger partial charge in [0.25, 0.3) is 5.91 Å². The highest BCUT2D eigenvalue weighted by Crippen LogP contribution is 2.19. The van der Waals surface area contributed by atoms with Gasteiger partial charge in [-0.1, -0.05) is 6.07 Å². The van der Waals surface area contributed by atoms with Gasteiger partial charge in [-0.05, 0) is 24.6 Å². The molecule has 6 nitrogen and oxygen atoms in total. The maximum atomic E-state index is 12.3. The Kier molecular flexibility index (Phi) is 4.80. The second kappa shape index (κ2) is 6.58. The van der Waals surface area contributed by atoms with E-state index in [0.29, 0.717) is 38.3 Å². The minimum absolute atomic E-state index is 0.0943. The second-order valence-electron chi connectivity index (χ2n) is 5.28. The Bertz CT molecular complexity index is 536. The molecule has 0 radical (unpaired) electrons. The molecule has 1 fully saturated rings. The Hall–Kier alpha value is -2.08. The lowest BCUT2D eigenvalue weighted by Crippen LogP contribution is -2.49. The third-order valence-electron chi connectivity index (χ3n) is 3.76. The number of aryl methyl sites for hydroxylation is 1. The second-order valence-corrected chi connectivity index (χ2v) is 5.28. The zero-order valence-corrected chi connectivity index (χ0v) is 12.1. The molecule has 1 aliphatic rings. The van der Waals surface area contributed by atoms with Crippen molar-refractivity contribution in [1.82, 2.24) is 9.80 Å². The average molecular weight is 292 g/mol. The number of nitrogens with zero attached hydrogens (tertiary/aromatic N) is 2. The van der Waals surface area contributed by atoms with Crippen LogP contribution >= 0.6 is 0 Å². The van der Waals surface area contributed by atoms with Crippen LogP contribution in [0.1, 0.15) is 22.3 Å². The lowest BCUT2D eigenvalue weighted by molar-refractivity contribution is -0.137. The lowest BCUT2D eigenvalue weighted by Gasteiger charge is -2.34. The van der Waals surface area contributed by atoms with Crippen LogP contribution in [0.25, 0.3) is 0 Å². The molecule has 0 aliphatic carbocycles. The standard InChI is InChI=1S/C15H20N2O4/c1-11-2-3-12(10-13(11)18)15(21)17-8-6-16(7-9-17)5-4-14(19)20/h2-3,10,18H,4-9H2,1H3,(H,19,20). The van der Waals surface area contributed by atoms with E-state index in [1.54, 1.807) is 24.0 Å². The molecule has 0 atom stereocenters. The number of aliphatic carboxylic acids is 1. The van der Waals surface area contributed by atoms with Gasteiger partial charge in [-0.2, -0.15) is 0 Å². The molecule has 0 aromatic heterocycles. The highest BCUT2D eigenvalue weighted by Gasteiger charge is 2.22. The summed E-state index contributed by atoms with van der Waals surface area (Å²) in [5.41, 5.74) is 1.22. The van der Waals surface area contributed by atoms with Crippen molar-refractivity contribution in [3.8, 4) is 5.75 Å². The van der Waals surface area contributed by atoms with Gasteiger partial charge in [-0.25, -0.2) is 0 Å². The number of carboxylic acids is 1. The van der Waals surface area contributed by atoms with Crippen molar-refractivity contribution in [1.29, 1.82) is 0 Å². The summed E-state index contributed by atoms with van der Waals surface area (Å²) in [6.45, 7) is 4.81. The molecule has 2 N–H and O–H groups in total. The van der Waals surface area contributed by atoms with Crippen molar-refractivity contribution in [2.75, 3.05) is 32.7 Å². The van der Waals surface area contributed by atoms with E-state index in [1.165, 1.54) is 6.07 Å². The molecule has 1 amide bonds. The van der Waals surface area contributed by atoms with Crippen LogP contribution in [-0.4, -0.2) is 64.6 Å². The first-order valence-electron chi connectivity index (χ1n) is 7.00. The molecule has 114 valence electrons. The molecule has 0 bridgehead atoms. The maximum Gasteiger partial charge on any atom is 0.304 e. The number of carboxylic acid groups (broad SMARTS) is 1. The number of rotatable bonds is 4. The number of phenols is 1. The molecular formula is C15H20N2O4.